The summed E-state index contributed by atoms with van der Waals surface area (Å²) in [5.74, 6) is 0.880. The topological polar surface area (TPSA) is 49.8 Å². The maximum atomic E-state index is 4.14. The summed E-state index contributed by atoms with van der Waals surface area (Å²) in [6.07, 6.45) is 2.26. The molecular formula is C11H18N4. The molecule has 2 heterocycles. The summed E-state index contributed by atoms with van der Waals surface area (Å²) in [6.45, 7) is 6.34. The van der Waals surface area contributed by atoms with Crippen LogP contribution in [-0.4, -0.2) is 28.8 Å². The van der Waals surface area contributed by atoms with Crippen LogP contribution < -0.4 is 10.6 Å². The average molecular weight is 206 g/mol. The summed E-state index contributed by atoms with van der Waals surface area (Å²) in [7, 11) is 0. The molecule has 4 heteroatoms. The van der Waals surface area contributed by atoms with E-state index in [1.165, 1.54) is 0 Å². The first-order valence-electron chi connectivity index (χ1n) is 5.47. The maximum absolute atomic E-state index is 4.14. The molecule has 4 nitrogen and oxygen atoms in total. The minimum atomic E-state index is 0.162. The molecule has 0 saturated carbocycles. The molecule has 1 aliphatic rings. The van der Waals surface area contributed by atoms with Gasteiger partial charge in [0.15, 0.2) is 0 Å². The molecule has 0 amide bonds. The molecule has 1 saturated heterocycles. The summed E-state index contributed by atoms with van der Waals surface area (Å²) in [4.78, 5) is 0. The number of aryl methyl sites for hydroxylation is 1. The Bertz CT molecular complexity index is 314. The van der Waals surface area contributed by atoms with Crippen molar-refractivity contribution in [3.63, 3.8) is 0 Å². The van der Waals surface area contributed by atoms with E-state index in [2.05, 4.69) is 27.8 Å². The largest absolute Gasteiger partial charge is 0.363 e. The smallest absolute Gasteiger partial charge is 0.149 e. The summed E-state index contributed by atoms with van der Waals surface area (Å²) in [5.41, 5.74) is 1.12. The number of aromatic nitrogens is 2. The lowest BCUT2D eigenvalue weighted by Gasteiger charge is -2.35. The molecule has 0 aromatic carbocycles. The lowest BCUT2D eigenvalue weighted by molar-refractivity contribution is 0.364. The van der Waals surface area contributed by atoms with Gasteiger partial charge in [0.25, 0.3) is 0 Å². The summed E-state index contributed by atoms with van der Waals surface area (Å²) in [5, 5.41) is 15.0. The van der Waals surface area contributed by atoms with Crippen molar-refractivity contribution >= 4 is 5.82 Å². The van der Waals surface area contributed by atoms with Gasteiger partial charge in [-0.1, -0.05) is 0 Å². The Morgan fingerprint density at radius 1 is 1.27 bits per heavy atom. The van der Waals surface area contributed by atoms with Crippen molar-refractivity contribution in [1.29, 1.82) is 0 Å². The summed E-state index contributed by atoms with van der Waals surface area (Å²) < 4.78 is 0. The van der Waals surface area contributed by atoms with Gasteiger partial charge in [0.1, 0.15) is 5.82 Å². The Hall–Kier alpha value is -1.16. The summed E-state index contributed by atoms with van der Waals surface area (Å²) in [6, 6.07) is 3.98. The van der Waals surface area contributed by atoms with Crippen LogP contribution in [0.25, 0.3) is 0 Å². The minimum Gasteiger partial charge on any atom is -0.363 e. The van der Waals surface area contributed by atoms with Gasteiger partial charge in [-0.15, -0.1) is 5.10 Å². The molecule has 0 bridgehead atoms. The molecule has 2 N–H and O–H groups in total. The van der Waals surface area contributed by atoms with Gasteiger partial charge in [0, 0.05) is 5.54 Å². The highest BCUT2D eigenvalue weighted by Gasteiger charge is 2.26. The highest BCUT2D eigenvalue weighted by atomic mass is 15.2. The molecule has 1 aromatic heterocycles. The van der Waals surface area contributed by atoms with Crippen molar-refractivity contribution in [2.75, 3.05) is 18.4 Å². The molecule has 1 aliphatic heterocycles. The van der Waals surface area contributed by atoms with E-state index in [9.17, 15) is 0 Å². The second-order valence-electron chi connectivity index (χ2n) is 4.50. The molecule has 0 spiro atoms. The van der Waals surface area contributed by atoms with E-state index in [1.54, 1.807) is 0 Å². The molecule has 2 rings (SSSR count). The lowest BCUT2D eigenvalue weighted by atomic mass is 9.91. The number of piperidine rings is 1. The first-order valence-corrected chi connectivity index (χ1v) is 5.47. The van der Waals surface area contributed by atoms with Gasteiger partial charge in [-0.05, 0) is 51.9 Å². The highest BCUT2D eigenvalue weighted by molar-refractivity contribution is 5.36. The van der Waals surface area contributed by atoms with Crippen LogP contribution in [0.1, 0.15) is 25.5 Å². The Morgan fingerprint density at radius 3 is 2.60 bits per heavy atom. The molecule has 0 aliphatic carbocycles. The van der Waals surface area contributed by atoms with Gasteiger partial charge in [0.05, 0.1) is 5.69 Å². The standard InChI is InChI=1S/C11H18N4/c1-9-3-4-10(15-14-9)13-11(2)5-7-12-8-6-11/h3-4,12H,5-8H2,1-2H3,(H,13,15). The molecule has 82 valence electrons. The number of hydrogen-bond acceptors (Lipinski definition) is 4. The number of rotatable bonds is 2. The third kappa shape index (κ3) is 2.65. The van der Waals surface area contributed by atoms with Crippen molar-refractivity contribution in [3.8, 4) is 0 Å². The Morgan fingerprint density at radius 2 is 2.00 bits per heavy atom. The fourth-order valence-corrected chi connectivity index (χ4v) is 1.88. The van der Waals surface area contributed by atoms with Crippen LogP contribution in [0.4, 0.5) is 5.82 Å². The number of anilines is 1. The van der Waals surface area contributed by atoms with Crippen LogP contribution in [0.15, 0.2) is 12.1 Å². The van der Waals surface area contributed by atoms with E-state index >= 15 is 0 Å². The SMILES string of the molecule is Cc1ccc(NC2(C)CCNCC2)nn1. The van der Waals surface area contributed by atoms with Crippen molar-refractivity contribution < 1.29 is 0 Å². The molecule has 1 fully saturated rings. The van der Waals surface area contributed by atoms with Crippen molar-refractivity contribution in [2.45, 2.75) is 32.2 Å². The Kier molecular flexibility index (Phi) is 2.86. The van der Waals surface area contributed by atoms with Gasteiger partial charge >= 0.3 is 0 Å². The maximum Gasteiger partial charge on any atom is 0.149 e. The Labute approximate surface area is 90.5 Å². The third-order valence-corrected chi connectivity index (χ3v) is 2.93. The molecule has 0 atom stereocenters. The fraction of sp³-hybridized carbons (Fsp3) is 0.636. The molecular weight excluding hydrogens is 188 g/mol. The lowest BCUT2D eigenvalue weighted by Crippen LogP contribution is -2.45. The van der Waals surface area contributed by atoms with E-state index in [0.29, 0.717) is 0 Å². The number of nitrogens with one attached hydrogen (secondary N) is 2. The summed E-state index contributed by atoms with van der Waals surface area (Å²) >= 11 is 0. The second kappa shape index (κ2) is 4.14. The van der Waals surface area contributed by atoms with Gasteiger partial charge in [0.2, 0.25) is 0 Å². The predicted octanol–water partition coefficient (Wildman–Crippen LogP) is 1.34. The van der Waals surface area contributed by atoms with Crippen molar-refractivity contribution in [1.82, 2.24) is 15.5 Å². The quantitative estimate of drug-likeness (QED) is 0.766. The van der Waals surface area contributed by atoms with Crippen LogP contribution in [0.5, 0.6) is 0 Å². The number of nitrogens with zero attached hydrogens (tertiary/aromatic N) is 2. The normalized spacial score (nSPS) is 19.9. The zero-order valence-corrected chi connectivity index (χ0v) is 9.38. The van der Waals surface area contributed by atoms with E-state index in [0.717, 1.165) is 37.4 Å². The van der Waals surface area contributed by atoms with Crippen LogP contribution in [-0.2, 0) is 0 Å². The van der Waals surface area contributed by atoms with Crippen LogP contribution in [0.3, 0.4) is 0 Å². The zero-order valence-electron chi connectivity index (χ0n) is 9.38. The zero-order chi connectivity index (χ0) is 10.7. The fourth-order valence-electron chi connectivity index (χ4n) is 1.88. The first kappa shape index (κ1) is 10.4. The van der Waals surface area contributed by atoms with Gasteiger partial charge < -0.3 is 10.6 Å². The van der Waals surface area contributed by atoms with Crippen molar-refractivity contribution in [3.05, 3.63) is 17.8 Å². The van der Waals surface area contributed by atoms with Gasteiger partial charge in [-0.25, -0.2) is 0 Å². The average Bonchev–Trinajstić information content (AvgIpc) is 2.22. The van der Waals surface area contributed by atoms with E-state index in [-0.39, 0.29) is 5.54 Å². The van der Waals surface area contributed by atoms with Gasteiger partial charge in [-0.2, -0.15) is 5.10 Å². The molecule has 1 aromatic rings. The van der Waals surface area contributed by atoms with E-state index in [4.69, 9.17) is 0 Å². The van der Waals surface area contributed by atoms with Crippen LogP contribution >= 0.6 is 0 Å². The van der Waals surface area contributed by atoms with Crippen LogP contribution in [0.2, 0.25) is 0 Å². The second-order valence-corrected chi connectivity index (χ2v) is 4.50. The molecule has 0 radical (unpaired) electrons. The van der Waals surface area contributed by atoms with E-state index < -0.39 is 0 Å². The first-order chi connectivity index (χ1) is 7.18. The highest BCUT2D eigenvalue weighted by Crippen LogP contribution is 2.22. The van der Waals surface area contributed by atoms with E-state index in [1.807, 2.05) is 19.1 Å². The monoisotopic (exact) mass is 206 g/mol. The van der Waals surface area contributed by atoms with Crippen molar-refractivity contribution in [2.24, 2.45) is 0 Å². The molecule has 15 heavy (non-hydrogen) atoms. The number of hydrogen-bond donors (Lipinski definition) is 2. The minimum absolute atomic E-state index is 0.162. The van der Waals surface area contributed by atoms with Crippen LogP contribution in [0, 0.1) is 6.92 Å². The molecule has 0 unspecified atom stereocenters. The predicted molar refractivity (Wildman–Crippen MR) is 60.9 cm³/mol. The third-order valence-electron chi connectivity index (χ3n) is 2.93. The van der Waals surface area contributed by atoms with Gasteiger partial charge in [-0.3, -0.25) is 0 Å². The Balaban J connectivity index is 2.03.